The molecule has 21 heavy (non-hydrogen) atoms. The van der Waals surface area contributed by atoms with Gasteiger partial charge in [0.05, 0.1) is 6.42 Å². The van der Waals surface area contributed by atoms with Crippen molar-refractivity contribution < 1.29 is 4.79 Å². The summed E-state index contributed by atoms with van der Waals surface area (Å²) < 4.78 is 0. The van der Waals surface area contributed by atoms with E-state index in [4.69, 9.17) is 0 Å². The maximum Gasteiger partial charge on any atom is 0.226 e. The fourth-order valence-electron chi connectivity index (χ4n) is 3.26. The highest BCUT2D eigenvalue weighted by Gasteiger charge is 2.26. The van der Waals surface area contributed by atoms with Gasteiger partial charge in [0.2, 0.25) is 5.91 Å². The zero-order chi connectivity index (χ0) is 15.2. The quantitative estimate of drug-likeness (QED) is 0.903. The minimum atomic E-state index is 0.246. The molecular weight excluding hydrogens is 260 g/mol. The SMILES string of the molecule is CCNC1CCC(N(C)C(=O)Cc2ccccc2C)CC1. The van der Waals surface area contributed by atoms with E-state index in [1.54, 1.807) is 0 Å². The average Bonchev–Trinajstić information content (AvgIpc) is 2.50. The van der Waals surface area contributed by atoms with Gasteiger partial charge in [-0.3, -0.25) is 4.79 Å². The van der Waals surface area contributed by atoms with Gasteiger partial charge in [0.25, 0.3) is 0 Å². The van der Waals surface area contributed by atoms with E-state index in [1.807, 2.05) is 24.1 Å². The Bertz CT molecular complexity index is 464. The Hall–Kier alpha value is -1.35. The molecule has 1 fully saturated rings. The van der Waals surface area contributed by atoms with Crippen LogP contribution in [-0.4, -0.2) is 36.5 Å². The van der Waals surface area contributed by atoms with E-state index in [-0.39, 0.29) is 5.91 Å². The summed E-state index contributed by atoms with van der Waals surface area (Å²) in [5, 5.41) is 3.52. The fraction of sp³-hybridized carbons (Fsp3) is 0.611. The van der Waals surface area contributed by atoms with Gasteiger partial charge >= 0.3 is 0 Å². The molecule has 0 atom stereocenters. The Morgan fingerprint density at radius 1 is 1.24 bits per heavy atom. The van der Waals surface area contributed by atoms with Crippen LogP contribution in [-0.2, 0) is 11.2 Å². The molecule has 1 saturated carbocycles. The van der Waals surface area contributed by atoms with Crippen molar-refractivity contribution in [3.05, 3.63) is 35.4 Å². The van der Waals surface area contributed by atoms with Crippen molar-refractivity contribution in [2.45, 2.75) is 58.0 Å². The summed E-state index contributed by atoms with van der Waals surface area (Å²) in [5.41, 5.74) is 2.35. The van der Waals surface area contributed by atoms with E-state index >= 15 is 0 Å². The highest BCUT2D eigenvalue weighted by atomic mass is 16.2. The smallest absolute Gasteiger partial charge is 0.226 e. The lowest BCUT2D eigenvalue weighted by Crippen LogP contribution is -2.43. The van der Waals surface area contributed by atoms with Crippen molar-refractivity contribution in [2.75, 3.05) is 13.6 Å². The van der Waals surface area contributed by atoms with Crippen LogP contribution in [0, 0.1) is 6.92 Å². The number of likely N-dealkylation sites (N-methyl/N-ethyl adjacent to an activating group) is 1. The molecular formula is C18H28N2O. The summed E-state index contributed by atoms with van der Waals surface area (Å²) in [7, 11) is 1.97. The molecule has 1 aliphatic carbocycles. The molecule has 2 rings (SSSR count). The number of amides is 1. The van der Waals surface area contributed by atoms with E-state index < -0.39 is 0 Å². The van der Waals surface area contributed by atoms with Crippen LogP contribution in [0.1, 0.15) is 43.7 Å². The van der Waals surface area contributed by atoms with Crippen LogP contribution in [0.25, 0.3) is 0 Å². The van der Waals surface area contributed by atoms with Gasteiger partial charge in [-0.15, -0.1) is 0 Å². The molecule has 3 nitrogen and oxygen atoms in total. The van der Waals surface area contributed by atoms with Gasteiger partial charge in [0, 0.05) is 19.1 Å². The minimum absolute atomic E-state index is 0.246. The molecule has 0 heterocycles. The number of carbonyl (C=O) groups excluding carboxylic acids is 1. The molecule has 116 valence electrons. The van der Waals surface area contributed by atoms with Crippen molar-refractivity contribution in [2.24, 2.45) is 0 Å². The maximum absolute atomic E-state index is 12.5. The number of benzene rings is 1. The van der Waals surface area contributed by atoms with Crippen LogP contribution >= 0.6 is 0 Å². The summed E-state index contributed by atoms with van der Waals surface area (Å²) >= 11 is 0. The number of aryl methyl sites for hydroxylation is 1. The van der Waals surface area contributed by atoms with E-state index in [2.05, 4.69) is 31.3 Å². The molecule has 0 radical (unpaired) electrons. The second-order valence-electron chi connectivity index (χ2n) is 6.17. The van der Waals surface area contributed by atoms with Gasteiger partial charge in [-0.2, -0.15) is 0 Å². The summed E-state index contributed by atoms with van der Waals surface area (Å²) in [5.74, 6) is 0.246. The Balaban J connectivity index is 1.87. The lowest BCUT2D eigenvalue weighted by Gasteiger charge is -2.35. The van der Waals surface area contributed by atoms with Crippen molar-refractivity contribution in [3.63, 3.8) is 0 Å². The zero-order valence-corrected chi connectivity index (χ0v) is 13.6. The third-order valence-corrected chi connectivity index (χ3v) is 4.73. The van der Waals surface area contributed by atoms with Crippen molar-refractivity contribution >= 4 is 5.91 Å². The predicted octanol–water partition coefficient (Wildman–Crippen LogP) is 2.92. The van der Waals surface area contributed by atoms with Gasteiger partial charge in [-0.05, 0) is 50.3 Å². The second-order valence-corrected chi connectivity index (χ2v) is 6.17. The first kappa shape index (κ1) is 16.0. The third-order valence-electron chi connectivity index (χ3n) is 4.73. The second kappa shape index (κ2) is 7.60. The van der Waals surface area contributed by atoms with E-state index in [0.717, 1.165) is 24.9 Å². The van der Waals surface area contributed by atoms with Crippen LogP contribution in [0.5, 0.6) is 0 Å². The van der Waals surface area contributed by atoms with Crippen LogP contribution in [0.2, 0.25) is 0 Å². The number of nitrogens with zero attached hydrogens (tertiary/aromatic N) is 1. The van der Waals surface area contributed by atoms with Gasteiger partial charge in [0.1, 0.15) is 0 Å². The first-order chi connectivity index (χ1) is 10.1. The zero-order valence-electron chi connectivity index (χ0n) is 13.6. The fourth-order valence-corrected chi connectivity index (χ4v) is 3.26. The average molecular weight is 288 g/mol. The normalized spacial score (nSPS) is 22.0. The summed E-state index contributed by atoms with van der Waals surface area (Å²) in [6.07, 6.45) is 5.12. The maximum atomic E-state index is 12.5. The topological polar surface area (TPSA) is 32.3 Å². The number of rotatable bonds is 5. The lowest BCUT2D eigenvalue weighted by atomic mass is 9.90. The van der Waals surface area contributed by atoms with E-state index in [0.29, 0.717) is 18.5 Å². The summed E-state index contributed by atoms with van der Waals surface area (Å²) in [6.45, 7) is 5.27. The van der Waals surface area contributed by atoms with Crippen LogP contribution in [0.4, 0.5) is 0 Å². The molecule has 0 aliphatic heterocycles. The molecule has 0 bridgehead atoms. The Kier molecular flexibility index (Phi) is 5.80. The van der Waals surface area contributed by atoms with Crippen molar-refractivity contribution in [1.29, 1.82) is 0 Å². The molecule has 3 heteroatoms. The molecule has 0 spiro atoms. The highest BCUT2D eigenvalue weighted by molar-refractivity contribution is 5.79. The third kappa shape index (κ3) is 4.31. The molecule has 0 unspecified atom stereocenters. The first-order valence-corrected chi connectivity index (χ1v) is 8.15. The molecule has 1 aromatic carbocycles. The highest BCUT2D eigenvalue weighted by Crippen LogP contribution is 2.23. The molecule has 0 saturated heterocycles. The standard InChI is InChI=1S/C18H28N2O/c1-4-19-16-9-11-17(12-10-16)20(3)18(21)13-15-8-6-5-7-14(15)2/h5-8,16-17,19H,4,9-13H2,1-3H3. The molecule has 1 aliphatic rings. The Labute approximate surface area is 128 Å². The van der Waals surface area contributed by atoms with Crippen molar-refractivity contribution in [3.8, 4) is 0 Å². The predicted molar refractivity (Wildman–Crippen MR) is 87.4 cm³/mol. The van der Waals surface area contributed by atoms with Gasteiger partial charge in [0.15, 0.2) is 0 Å². The van der Waals surface area contributed by atoms with Crippen LogP contribution < -0.4 is 5.32 Å². The minimum Gasteiger partial charge on any atom is -0.342 e. The number of nitrogens with one attached hydrogen (secondary N) is 1. The Morgan fingerprint density at radius 2 is 1.90 bits per heavy atom. The first-order valence-electron chi connectivity index (χ1n) is 8.15. The molecule has 1 aromatic rings. The van der Waals surface area contributed by atoms with Gasteiger partial charge < -0.3 is 10.2 Å². The number of carbonyl (C=O) groups is 1. The summed E-state index contributed by atoms with van der Waals surface area (Å²) in [6, 6.07) is 9.22. The molecule has 1 amide bonds. The van der Waals surface area contributed by atoms with Crippen molar-refractivity contribution in [1.82, 2.24) is 10.2 Å². The summed E-state index contributed by atoms with van der Waals surface area (Å²) in [4.78, 5) is 14.5. The van der Waals surface area contributed by atoms with Gasteiger partial charge in [-0.1, -0.05) is 31.2 Å². The monoisotopic (exact) mass is 288 g/mol. The van der Waals surface area contributed by atoms with E-state index in [9.17, 15) is 4.79 Å². The molecule has 1 N–H and O–H groups in total. The van der Waals surface area contributed by atoms with E-state index in [1.165, 1.54) is 18.4 Å². The largest absolute Gasteiger partial charge is 0.342 e. The number of hydrogen-bond acceptors (Lipinski definition) is 2. The Morgan fingerprint density at radius 3 is 2.52 bits per heavy atom. The van der Waals surface area contributed by atoms with Crippen LogP contribution in [0.3, 0.4) is 0 Å². The lowest BCUT2D eigenvalue weighted by molar-refractivity contribution is -0.131. The molecule has 0 aromatic heterocycles. The van der Waals surface area contributed by atoms with Crippen LogP contribution in [0.15, 0.2) is 24.3 Å². The van der Waals surface area contributed by atoms with Gasteiger partial charge in [-0.25, -0.2) is 0 Å². The number of hydrogen-bond donors (Lipinski definition) is 1.